The maximum absolute atomic E-state index is 12.5. The first-order chi connectivity index (χ1) is 12.3. The van der Waals surface area contributed by atoms with Gasteiger partial charge in [-0.05, 0) is 13.3 Å². The number of carbonyl (C=O) groups is 6. The second-order valence-corrected chi connectivity index (χ2v) is 5.72. The van der Waals surface area contributed by atoms with E-state index in [0.717, 1.165) is 6.92 Å². The molecule has 4 atom stereocenters. The van der Waals surface area contributed by atoms with Crippen LogP contribution in [0.3, 0.4) is 0 Å². The molecule has 0 aromatic rings. The lowest BCUT2D eigenvalue weighted by Crippen LogP contribution is -2.62. The monoisotopic (exact) mass is 390 g/mol. The molecule has 0 aliphatic rings. The van der Waals surface area contributed by atoms with Crippen LogP contribution < -0.4 is 17.2 Å². The number of ketones is 1. The SMILES string of the molecule is CC(N)C(=O)C(C(=O)O)N(C(=O)C(N)CCC(=O)O)C(=O)C(N)CC(=O)O. The molecule has 27 heavy (non-hydrogen) atoms. The van der Waals surface area contributed by atoms with Crippen LogP contribution in [0.4, 0.5) is 0 Å². The summed E-state index contributed by atoms with van der Waals surface area (Å²) in [7, 11) is 0. The van der Waals surface area contributed by atoms with Crippen LogP contribution in [0, 0.1) is 0 Å². The molecule has 152 valence electrons. The van der Waals surface area contributed by atoms with E-state index in [9.17, 15) is 33.9 Å². The molecule has 0 aromatic heterocycles. The van der Waals surface area contributed by atoms with Crippen LogP contribution in [0.1, 0.15) is 26.2 Å². The smallest absolute Gasteiger partial charge is 0.334 e. The molecule has 4 unspecified atom stereocenters. The first-order valence-electron chi connectivity index (χ1n) is 7.65. The number of hydrogen-bond donors (Lipinski definition) is 6. The van der Waals surface area contributed by atoms with Crippen molar-refractivity contribution in [2.75, 3.05) is 0 Å². The van der Waals surface area contributed by atoms with Crippen molar-refractivity contribution in [1.82, 2.24) is 4.90 Å². The molecule has 0 aliphatic heterocycles. The van der Waals surface area contributed by atoms with Gasteiger partial charge in [-0.2, -0.15) is 0 Å². The van der Waals surface area contributed by atoms with E-state index in [2.05, 4.69) is 0 Å². The third-order valence-corrected chi connectivity index (χ3v) is 3.38. The van der Waals surface area contributed by atoms with Gasteiger partial charge in [-0.3, -0.25) is 28.9 Å². The minimum Gasteiger partial charge on any atom is -0.481 e. The maximum atomic E-state index is 12.5. The number of amides is 2. The molecule has 0 spiro atoms. The van der Waals surface area contributed by atoms with Crippen molar-refractivity contribution in [3.8, 4) is 0 Å². The van der Waals surface area contributed by atoms with Crippen molar-refractivity contribution in [1.29, 1.82) is 0 Å². The summed E-state index contributed by atoms with van der Waals surface area (Å²) in [5, 5.41) is 26.7. The van der Waals surface area contributed by atoms with Crippen molar-refractivity contribution in [2.45, 2.75) is 50.4 Å². The van der Waals surface area contributed by atoms with E-state index in [1.54, 1.807) is 0 Å². The van der Waals surface area contributed by atoms with Gasteiger partial charge in [0.2, 0.25) is 11.8 Å². The molecule has 0 bridgehead atoms. The summed E-state index contributed by atoms with van der Waals surface area (Å²) in [6.07, 6.45) is -1.99. The number of nitrogens with two attached hydrogens (primary N) is 3. The number of imide groups is 1. The predicted octanol–water partition coefficient (Wildman–Crippen LogP) is -3.29. The maximum Gasteiger partial charge on any atom is 0.334 e. The molecule has 0 fully saturated rings. The zero-order valence-electron chi connectivity index (χ0n) is 14.4. The average molecular weight is 390 g/mol. The van der Waals surface area contributed by atoms with Gasteiger partial charge in [0.25, 0.3) is 0 Å². The van der Waals surface area contributed by atoms with Crippen LogP contribution in [-0.2, 0) is 28.8 Å². The molecular formula is C14H22N4O9. The van der Waals surface area contributed by atoms with Crippen molar-refractivity contribution < 1.29 is 44.1 Å². The Balaban J connectivity index is 5.98. The second-order valence-electron chi connectivity index (χ2n) is 5.72. The molecule has 0 saturated carbocycles. The van der Waals surface area contributed by atoms with Gasteiger partial charge in [0, 0.05) is 6.42 Å². The van der Waals surface area contributed by atoms with Gasteiger partial charge in [-0.1, -0.05) is 0 Å². The normalized spacial score (nSPS) is 15.1. The molecule has 13 nitrogen and oxygen atoms in total. The predicted molar refractivity (Wildman–Crippen MR) is 87.0 cm³/mol. The fourth-order valence-electron chi connectivity index (χ4n) is 2.01. The summed E-state index contributed by atoms with van der Waals surface area (Å²) < 4.78 is 0. The van der Waals surface area contributed by atoms with E-state index in [0.29, 0.717) is 0 Å². The largest absolute Gasteiger partial charge is 0.481 e. The highest BCUT2D eigenvalue weighted by molar-refractivity contribution is 6.13. The Labute approximate surface area is 153 Å². The zero-order valence-corrected chi connectivity index (χ0v) is 14.4. The van der Waals surface area contributed by atoms with Gasteiger partial charge in [0.15, 0.2) is 11.8 Å². The topological polar surface area (TPSA) is 244 Å². The highest BCUT2D eigenvalue weighted by atomic mass is 16.4. The van der Waals surface area contributed by atoms with Crippen LogP contribution in [0.2, 0.25) is 0 Å². The summed E-state index contributed by atoms with van der Waals surface area (Å²) in [4.78, 5) is 69.8. The molecular weight excluding hydrogens is 368 g/mol. The molecule has 0 saturated heterocycles. The van der Waals surface area contributed by atoms with E-state index in [1.165, 1.54) is 0 Å². The third-order valence-electron chi connectivity index (χ3n) is 3.38. The molecule has 2 amide bonds. The van der Waals surface area contributed by atoms with Crippen molar-refractivity contribution in [2.24, 2.45) is 17.2 Å². The van der Waals surface area contributed by atoms with Crippen LogP contribution in [-0.4, -0.2) is 79.9 Å². The molecule has 13 heteroatoms. The van der Waals surface area contributed by atoms with E-state index in [4.69, 9.17) is 27.4 Å². The fraction of sp³-hybridized carbons (Fsp3) is 0.571. The summed E-state index contributed by atoms with van der Waals surface area (Å²) in [6, 6.07) is -7.27. The standard InChI is InChI=1S/C14H22N4O9/c1-5(15)11(23)10(14(26)27)18(13(25)7(17)4-9(21)22)12(24)6(16)2-3-8(19)20/h5-7,10H,2-4,15-17H2,1H3,(H,19,20)(H,21,22)(H,26,27). The van der Waals surface area contributed by atoms with Crippen LogP contribution >= 0.6 is 0 Å². The second kappa shape index (κ2) is 10.3. The number of hydrogen-bond acceptors (Lipinski definition) is 9. The third kappa shape index (κ3) is 7.08. The van der Waals surface area contributed by atoms with Gasteiger partial charge >= 0.3 is 17.9 Å². The van der Waals surface area contributed by atoms with Gasteiger partial charge in [0.05, 0.1) is 24.5 Å². The number of carbonyl (C=O) groups excluding carboxylic acids is 3. The van der Waals surface area contributed by atoms with Crippen molar-refractivity contribution in [3.63, 3.8) is 0 Å². The highest BCUT2D eigenvalue weighted by Crippen LogP contribution is 2.12. The Morgan fingerprint density at radius 1 is 0.852 bits per heavy atom. The van der Waals surface area contributed by atoms with Gasteiger partial charge < -0.3 is 32.5 Å². The number of Topliss-reactive ketones (excluding diaryl/α,β-unsaturated/α-hetero) is 1. The Bertz CT molecular complexity index is 634. The van der Waals surface area contributed by atoms with Gasteiger partial charge in [-0.25, -0.2) is 4.79 Å². The summed E-state index contributed by atoms with van der Waals surface area (Å²) >= 11 is 0. The van der Waals surface area contributed by atoms with Crippen molar-refractivity contribution >= 4 is 35.5 Å². The quantitative estimate of drug-likeness (QED) is 0.190. The fourth-order valence-corrected chi connectivity index (χ4v) is 2.01. The van der Waals surface area contributed by atoms with Gasteiger partial charge in [-0.15, -0.1) is 0 Å². The summed E-state index contributed by atoms with van der Waals surface area (Å²) in [5.74, 6) is -8.80. The molecule has 0 aliphatic carbocycles. The highest BCUT2D eigenvalue weighted by Gasteiger charge is 2.44. The lowest BCUT2D eigenvalue weighted by Gasteiger charge is -2.30. The zero-order chi connectivity index (χ0) is 21.5. The van der Waals surface area contributed by atoms with Crippen LogP contribution in [0.15, 0.2) is 0 Å². The Kier molecular flexibility index (Phi) is 9.19. The lowest BCUT2D eigenvalue weighted by molar-refractivity contribution is -0.163. The number of carboxylic acid groups (broad SMARTS) is 3. The number of nitrogens with zero attached hydrogens (tertiary/aromatic N) is 1. The molecule has 0 rings (SSSR count). The van der Waals surface area contributed by atoms with E-state index >= 15 is 0 Å². The minimum atomic E-state index is -2.39. The first kappa shape index (κ1) is 24.1. The summed E-state index contributed by atoms with van der Waals surface area (Å²) in [6.45, 7) is 1.12. The first-order valence-corrected chi connectivity index (χ1v) is 7.65. The number of rotatable bonds is 11. The molecule has 0 heterocycles. The lowest BCUT2D eigenvalue weighted by atomic mass is 10.0. The van der Waals surface area contributed by atoms with Crippen LogP contribution in [0.25, 0.3) is 0 Å². The molecule has 0 radical (unpaired) electrons. The summed E-state index contributed by atoms with van der Waals surface area (Å²) in [5.41, 5.74) is 16.3. The Hall–Kier alpha value is -2.90. The van der Waals surface area contributed by atoms with E-state index in [1.807, 2.05) is 0 Å². The van der Waals surface area contributed by atoms with E-state index in [-0.39, 0.29) is 4.90 Å². The minimum absolute atomic E-state index is 0.0475. The van der Waals surface area contributed by atoms with E-state index < -0.39 is 78.9 Å². The molecule has 0 aromatic carbocycles. The Morgan fingerprint density at radius 2 is 1.33 bits per heavy atom. The number of aliphatic carboxylic acids is 3. The van der Waals surface area contributed by atoms with Gasteiger partial charge in [0.1, 0.15) is 0 Å². The average Bonchev–Trinajstić information content (AvgIpc) is 2.54. The van der Waals surface area contributed by atoms with Crippen molar-refractivity contribution in [3.05, 3.63) is 0 Å². The van der Waals surface area contributed by atoms with Crippen LogP contribution in [0.5, 0.6) is 0 Å². The molecule has 9 N–H and O–H groups in total. The number of carboxylic acids is 3. The Morgan fingerprint density at radius 3 is 1.70 bits per heavy atom.